The summed E-state index contributed by atoms with van der Waals surface area (Å²) in [5, 5.41) is 3.05. The number of rotatable bonds is 2. The Balaban J connectivity index is 1.78. The van der Waals surface area contributed by atoms with Crippen LogP contribution in [0.1, 0.15) is 5.69 Å². The van der Waals surface area contributed by atoms with Crippen LogP contribution in [0, 0.1) is 5.82 Å². The van der Waals surface area contributed by atoms with Crippen LogP contribution in [0.4, 0.5) is 4.39 Å². The van der Waals surface area contributed by atoms with E-state index < -0.39 is 0 Å². The van der Waals surface area contributed by atoms with Crippen molar-refractivity contribution in [2.45, 2.75) is 6.54 Å². The Kier molecular flexibility index (Phi) is 2.22. The van der Waals surface area contributed by atoms with Gasteiger partial charge in [0, 0.05) is 24.0 Å². The summed E-state index contributed by atoms with van der Waals surface area (Å²) in [7, 11) is 0. The van der Waals surface area contributed by atoms with Crippen molar-refractivity contribution >= 4 is 27.2 Å². The van der Waals surface area contributed by atoms with E-state index in [2.05, 4.69) is 4.98 Å². The lowest BCUT2D eigenvalue weighted by atomic mass is 10.2. The molecule has 0 saturated carbocycles. The largest absolute Gasteiger partial charge is 0.341 e. The van der Waals surface area contributed by atoms with Gasteiger partial charge in [-0.1, -0.05) is 0 Å². The van der Waals surface area contributed by atoms with Crippen molar-refractivity contribution in [3.63, 3.8) is 0 Å². The Hall–Kier alpha value is -2.14. The maximum absolute atomic E-state index is 13.3. The molecule has 0 atom stereocenters. The van der Waals surface area contributed by atoms with E-state index in [1.807, 2.05) is 39.0 Å². The van der Waals surface area contributed by atoms with E-state index in [0.717, 1.165) is 21.6 Å². The van der Waals surface area contributed by atoms with Crippen molar-refractivity contribution in [3.05, 3.63) is 59.7 Å². The standard InChI is InChI=1S/C14H10FN3S/c15-11-2-1-10-3-4-17(13(10)7-11)8-12-9-18-5-6-19-14(18)16-12/h1-7,9H,8H2. The van der Waals surface area contributed by atoms with E-state index in [1.54, 1.807) is 23.5 Å². The molecule has 19 heavy (non-hydrogen) atoms. The highest BCUT2D eigenvalue weighted by molar-refractivity contribution is 7.15. The van der Waals surface area contributed by atoms with E-state index in [1.165, 1.54) is 6.07 Å². The van der Waals surface area contributed by atoms with Gasteiger partial charge in [0.25, 0.3) is 0 Å². The highest BCUT2D eigenvalue weighted by Gasteiger charge is 2.06. The fraction of sp³-hybridized carbons (Fsp3) is 0.0714. The molecule has 0 bridgehead atoms. The first-order valence-electron chi connectivity index (χ1n) is 5.95. The Morgan fingerprint density at radius 3 is 3.05 bits per heavy atom. The van der Waals surface area contributed by atoms with Crippen molar-refractivity contribution in [1.29, 1.82) is 0 Å². The molecule has 0 aliphatic heterocycles. The summed E-state index contributed by atoms with van der Waals surface area (Å²) in [6, 6.07) is 6.84. The molecule has 0 saturated heterocycles. The zero-order valence-electron chi connectivity index (χ0n) is 9.95. The Morgan fingerprint density at radius 1 is 1.21 bits per heavy atom. The van der Waals surface area contributed by atoms with Crippen LogP contribution in [0.25, 0.3) is 15.9 Å². The van der Waals surface area contributed by atoms with Crippen LogP contribution in [0.3, 0.4) is 0 Å². The topological polar surface area (TPSA) is 22.2 Å². The highest BCUT2D eigenvalue weighted by Crippen LogP contribution is 2.19. The minimum atomic E-state index is -0.210. The summed E-state index contributed by atoms with van der Waals surface area (Å²) in [5.41, 5.74) is 1.88. The maximum Gasteiger partial charge on any atom is 0.193 e. The summed E-state index contributed by atoms with van der Waals surface area (Å²) in [4.78, 5) is 5.53. The molecule has 94 valence electrons. The molecule has 3 aromatic heterocycles. The highest BCUT2D eigenvalue weighted by atomic mass is 32.1. The second-order valence-electron chi connectivity index (χ2n) is 4.47. The van der Waals surface area contributed by atoms with Crippen molar-refractivity contribution in [1.82, 2.24) is 14.0 Å². The summed E-state index contributed by atoms with van der Waals surface area (Å²) >= 11 is 1.61. The number of benzene rings is 1. The van der Waals surface area contributed by atoms with Crippen molar-refractivity contribution in [3.8, 4) is 0 Å². The van der Waals surface area contributed by atoms with E-state index in [0.29, 0.717) is 6.54 Å². The van der Waals surface area contributed by atoms with Crippen LogP contribution in [0.2, 0.25) is 0 Å². The fourth-order valence-corrected chi connectivity index (χ4v) is 3.04. The molecule has 5 heteroatoms. The Labute approximate surface area is 112 Å². The van der Waals surface area contributed by atoms with Crippen LogP contribution in [-0.2, 0) is 6.54 Å². The first kappa shape index (κ1) is 10.8. The normalized spacial score (nSPS) is 11.6. The van der Waals surface area contributed by atoms with E-state index in [4.69, 9.17) is 0 Å². The van der Waals surface area contributed by atoms with Gasteiger partial charge in [0.2, 0.25) is 0 Å². The Bertz CT molecular complexity index is 843. The minimum Gasteiger partial charge on any atom is -0.341 e. The zero-order valence-corrected chi connectivity index (χ0v) is 10.8. The van der Waals surface area contributed by atoms with Gasteiger partial charge in [0.1, 0.15) is 5.82 Å². The molecule has 4 aromatic rings. The van der Waals surface area contributed by atoms with Crippen molar-refractivity contribution in [2.24, 2.45) is 0 Å². The molecule has 0 fully saturated rings. The number of hydrogen-bond acceptors (Lipinski definition) is 2. The van der Waals surface area contributed by atoms with Crippen molar-refractivity contribution in [2.75, 3.05) is 0 Å². The molecule has 0 radical (unpaired) electrons. The summed E-state index contributed by atoms with van der Waals surface area (Å²) < 4.78 is 17.3. The average Bonchev–Trinajstić information content (AvgIpc) is 3.04. The van der Waals surface area contributed by atoms with Gasteiger partial charge in [-0.2, -0.15) is 0 Å². The smallest absolute Gasteiger partial charge is 0.193 e. The lowest BCUT2D eigenvalue weighted by Crippen LogP contribution is -1.98. The molecule has 0 amide bonds. The third-order valence-electron chi connectivity index (χ3n) is 3.21. The summed E-state index contributed by atoms with van der Waals surface area (Å²) in [6.45, 7) is 0.654. The van der Waals surface area contributed by atoms with Crippen LogP contribution < -0.4 is 0 Å². The van der Waals surface area contributed by atoms with Gasteiger partial charge in [-0.25, -0.2) is 9.37 Å². The first-order valence-corrected chi connectivity index (χ1v) is 6.83. The maximum atomic E-state index is 13.3. The molecule has 0 unspecified atom stereocenters. The van der Waals surface area contributed by atoms with Crippen LogP contribution in [0.15, 0.2) is 48.2 Å². The van der Waals surface area contributed by atoms with E-state index in [-0.39, 0.29) is 5.82 Å². The monoisotopic (exact) mass is 271 g/mol. The van der Waals surface area contributed by atoms with Gasteiger partial charge in [0.15, 0.2) is 4.96 Å². The first-order chi connectivity index (χ1) is 9.29. The molecule has 1 aromatic carbocycles. The SMILES string of the molecule is Fc1ccc2ccn(Cc3cn4ccsc4n3)c2c1. The molecular formula is C14H10FN3S. The van der Waals surface area contributed by atoms with Gasteiger partial charge in [-0.3, -0.25) is 4.40 Å². The number of imidazole rings is 1. The quantitative estimate of drug-likeness (QED) is 0.546. The second kappa shape index (κ2) is 3.93. The second-order valence-corrected chi connectivity index (χ2v) is 5.34. The van der Waals surface area contributed by atoms with Crippen molar-refractivity contribution < 1.29 is 4.39 Å². The number of hydrogen-bond donors (Lipinski definition) is 0. The van der Waals surface area contributed by atoms with Gasteiger partial charge >= 0.3 is 0 Å². The molecule has 4 rings (SSSR count). The third-order valence-corrected chi connectivity index (χ3v) is 3.98. The van der Waals surface area contributed by atoms with E-state index >= 15 is 0 Å². The zero-order chi connectivity index (χ0) is 12.8. The summed E-state index contributed by atoms with van der Waals surface area (Å²) in [6.07, 6.45) is 5.97. The van der Waals surface area contributed by atoms with Gasteiger partial charge < -0.3 is 4.57 Å². The summed E-state index contributed by atoms with van der Waals surface area (Å²) in [5.74, 6) is -0.210. The molecule has 0 aliphatic rings. The average molecular weight is 271 g/mol. The van der Waals surface area contributed by atoms with E-state index in [9.17, 15) is 4.39 Å². The molecule has 0 N–H and O–H groups in total. The number of aromatic nitrogens is 3. The molecule has 0 spiro atoms. The number of fused-ring (bicyclic) bond motifs is 2. The van der Waals surface area contributed by atoms with Crippen LogP contribution >= 0.6 is 11.3 Å². The van der Waals surface area contributed by atoms with Gasteiger partial charge in [-0.15, -0.1) is 11.3 Å². The molecule has 3 heterocycles. The van der Waals surface area contributed by atoms with Crippen LogP contribution in [-0.4, -0.2) is 14.0 Å². The number of thiazole rings is 1. The lowest BCUT2D eigenvalue weighted by Gasteiger charge is -2.02. The molecular weight excluding hydrogens is 261 g/mol. The predicted molar refractivity (Wildman–Crippen MR) is 74.1 cm³/mol. The lowest BCUT2D eigenvalue weighted by molar-refractivity contribution is 0.628. The fourth-order valence-electron chi connectivity index (χ4n) is 2.32. The van der Waals surface area contributed by atoms with Crippen LogP contribution in [0.5, 0.6) is 0 Å². The molecule has 0 aliphatic carbocycles. The number of halogens is 1. The van der Waals surface area contributed by atoms with Gasteiger partial charge in [0.05, 0.1) is 17.8 Å². The van der Waals surface area contributed by atoms with Gasteiger partial charge in [-0.05, 0) is 29.7 Å². The third kappa shape index (κ3) is 1.74. The Morgan fingerprint density at radius 2 is 2.16 bits per heavy atom. The minimum absolute atomic E-state index is 0.210. The predicted octanol–water partition coefficient (Wildman–Crippen LogP) is 3.54. The molecule has 3 nitrogen and oxygen atoms in total. The number of nitrogens with zero attached hydrogens (tertiary/aromatic N) is 3.